The lowest BCUT2D eigenvalue weighted by atomic mass is 9.92. The third kappa shape index (κ3) is 4.62. The molecule has 3 heterocycles. The first-order chi connectivity index (χ1) is 16.1. The van der Waals surface area contributed by atoms with Gasteiger partial charge in [-0.3, -0.25) is 14.4 Å². The van der Waals surface area contributed by atoms with Gasteiger partial charge in [0.05, 0.1) is 19.3 Å². The Morgan fingerprint density at radius 1 is 0.971 bits per heavy atom. The predicted octanol–water partition coefficient (Wildman–Crippen LogP) is -6.21. The van der Waals surface area contributed by atoms with E-state index in [9.17, 15) is 50.1 Å². The summed E-state index contributed by atoms with van der Waals surface area (Å²) in [6.07, 6.45) is -11.8. The summed E-state index contributed by atoms with van der Waals surface area (Å²) in [5, 5.41) is 72.0. The molecule has 3 saturated heterocycles. The lowest BCUT2D eigenvalue weighted by molar-refractivity contribution is -0.262. The van der Waals surface area contributed by atoms with Gasteiger partial charge in [-0.05, 0) is 6.42 Å². The van der Waals surface area contributed by atoms with Crippen molar-refractivity contribution < 1.29 is 59.6 Å². The van der Waals surface area contributed by atoms with E-state index < -0.39 is 92.1 Å². The zero-order chi connectivity index (χ0) is 25.3. The number of carbonyl (C=O) groups is 3. The quantitative estimate of drug-likeness (QED) is 0.148. The van der Waals surface area contributed by atoms with E-state index in [0.29, 0.717) is 0 Å². The summed E-state index contributed by atoms with van der Waals surface area (Å²) >= 11 is 0. The van der Waals surface area contributed by atoms with E-state index in [4.69, 9.17) is 9.47 Å². The molecule has 0 radical (unpaired) electrons. The van der Waals surface area contributed by atoms with Gasteiger partial charge in [-0.15, -0.1) is 0 Å². The number of ether oxygens (including phenoxy) is 2. The molecule has 0 aromatic heterocycles. The van der Waals surface area contributed by atoms with Crippen LogP contribution in [0.15, 0.2) is 0 Å². The second-order valence-electron chi connectivity index (χ2n) is 8.49. The molecular weight excluding hydrogens is 462 g/mol. The van der Waals surface area contributed by atoms with E-state index >= 15 is 0 Å². The summed E-state index contributed by atoms with van der Waals surface area (Å²) in [7, 11) is 1.25. The number of hydrogen-bond acceptors (Lipinski definition) is 12. The van der Waals surface area contributed by atoms with Gasteiger partial charge >= 0.3 is 11.8 Å². The monoisotopic (exact) mass is 493 g/mol. The molecule has 10 atom stereocenters. The molecule has 0 aromatic carbocycles. The first kappa shape index (κ1) is 26.7. The molecule has 3 aliphatic heterocycles. The number of aliphatic hydroxyl groups is 7. The zero-order valence-corrected chi connectivity index (χ0v) is 18.4. The normalized spacial score (nSPS) is 40.5. The maximum absolute atomic E-state index is 12.5. The van der Waals surface area contributed by atoms with E-state index in [1.807, 2.05) is 0 Å². The minimum atomic E-state index is -1.71. The molecule has 34 heavy (non-hydrogen) atoms. The number of amides is 3. The maximum Gasteiger partial charge on any atom is 0.314 e. The summed E-state index contributed by atoms with van der Waals surface area (Å²) in [6, 6.07) is -2.44. The predicted molar refractivity (Wildman–Crippen MR) is 107 cm³/mol. The molecular formula is C19H31N3O12. The van der Waals surface area contributed by atoms with Gasteiger partial charge in [0.25, 0.3) is 0 Å². The van der Waals surface area contributed by atoms with E-state index in [1.165, 1.54) is 7.11 Å². The topological polar surface area (TPSA) is 230 Å². The van der Waals surface area contributed by atoms with E-state index in [-0.39, 0.29) is 19.4 Å². The Morgan fingerprint density at radius 3 is 2.24 bits per heavy atom. The molecule has 3 rings (SSSR count). The summed E-state index contributed by atoms with van der Waals surface area (Å²) in [4.78, 5) is 39.1. The first-order valence-corrected chi connectivity index (χ1v) is 10.8. The van der Waals surface area contributed by atoms with Gasteiger partial charge in [0, 0.05) is 20.1 Å². The zero-order valence-electron chi connectivity index (χ0n) is 18.4. The lowest BCUT2D eigenvalue weighted by Crippen LogP contribution is -2.68. The maximum atomic E-state index is 12.5. The third-order valence-corrected chi connectivity index (χ3v) is 6.47. The molecule has 3 aliphatic rings. The lowest BCUT2D eigenvalue weighted by Gasteiger charge is -2.46. The fourth-order valence-electron chi connectivity index (χ4n) is 4.63. The number of rotatable bonds is 8. The number of nitrogens with zero attached hydrogens (tertiary/aromatic N) is 2. The SMILES string of the molecule is CO[C@H]1O[C@H](CO)[C@@H](O)[C@H](O)[C@@H]1NC(=O)CCCN1C(=O)C(=O)N2[C@H](CO)[C@@H](O)[C@H](O)[C@H](O)[C@@H]12. The highest BCUT2D eigenvalue weighted by Gasteiger charge is 2.58. The van der Waals surface area contributed by atoms with Crippen molar-refractivity contribution in [3.05, 3.63) is 0 Å². The molecule has 194 valence electrons. The van der Waals surface area contributed by atoms with Crippen molar-refractivity contribution in [3.63, 3.8) is 0 Å². The highest BCUT2D eigenvalue weighted by atomic mass is 16.7. The van der Waals surface area contributed by atoms with Crippen LogP contribution in [0.5, 0.6) is 0 Å². The van der Waals surface area contributed by atoms with Crippen molar-refractivity contribution in [2.45, 2.75) is 74.0 Å². The van der Waals surface area contributed by atoms with Gasteiger partial charge in [-0.1, -0.05) is 0 Å². The number of fused-ring (bicyclic) bond motifs is 1. The number of hydrogen-bond donors (Lipinski definition) is 8. The summed E-state index contributed by atoms with van der Waals surface area (Å²) < 4.78 is 10.4. The van der Waals surface area contributed by atoms with Gasteiger partial charge in [-0.25, -0.2) is 0 Å². The minimum absolute atomic E-state index is 0.00743. The largest absolute Gasteiger partial charge is 0.394 e. The van der Waals surface area contributed by atoms with Crippen molar-refractivity contribution in [1.82, 2.24) is 15.1 Å². The Bertz CT molecular complexity index is 769. The van der Waals surface area contributed by atoms with E-state index in [1.54, 1.807) is 0 Å². The van der Waals surface area contributed by atoms with Crippen LogP contribution in [0.1, 0.15) is 12.8 Å². The molecule has 15 nitrogen and oxygen atoms in total. The van der Waals surface area contributed by atoms with E-state index in [0.717, 1.165) is 9.80 Å². The average molecular weight is 493 g/mol. The molecule has 15 heteroatoms. The van der Waals surface area contributed by atoms with Crippen LogP contribution in [0.2, 0.25) is 0 Å². The highest BCUT2D eigenvalue weighted by Crippen LogP contribution is 2.32. The molecule has 3 fully saturated rings. The van der Waals surface area contributed by atoms with Crippen molar-refractivity contribution in [2.75, 3.05) is 26.9 Å². The fourth-order valence-corrected chi connectivity index (χ4v) is 4.63. The summed E-state index contributed by atoms with van der Waals surface area (Å²) in [5.41, 5.74) is 0. The molecule has 8 N–H and O–H groups in total. The Kier molecular flexibility index (Phi) is 8.43. The molecule has 0 saturated carbocycles. The van der Waals surface area contributed by atoms with Crippen molar-refractivity contribution in [3.8, 4) is 0 Å². The molecule has 0 aliphatic carbocycles. The van der Waals surface area contributed by atoms with Crippen LogP contribution in [0.4, 0.5) is 0 Å². The molecule has 0 spiro atoms. The smallest absolute Gasteiger partial charge is 0.314 e. The fraction of sp³-hybridized carbons (Fsp3) is 0.842. The third-order valence-electron chi connectivity index (χ3n) is 6.47. The van der Waals surface area contributed by atoms with Crippen molar-refractivity contribution in [1.29, 1.82) is 0 Å². The minimum Gasteiger partial charge on any atom is -0.394 e. The van der Waals surface area contributed by atoms with Crippen LogP contribution in [-0.4, -0.2) is 151 Å². The van der Waals surface area contributed by atoms with Gasteiger partial charge < -0.3 is 60.3 Å². The second kappa shape index (κ2) is 10.8. The summed E-state index contributed by atoms with van der Waals surface area (Å²) in [6.45, 7) is -1.50. The van der Waals surface area contributed by atoms with Gasteiger partial charge in [0.2, 0.25) is 5.91 Å². The number of carbonyl (C=O) groups excluding carboxylic acids is 3. The number of methoxy groups -OCH3 is 1. The van der Waals surface area contributed by atoms with Crippen molar-refractivity contribution in [2.24, 2.45) is 0 Å². The number of aliphatic hydroxyl groups excluding tert-OH is 7. The van der Waals surface area contributed by atoms with Crippen LogP contribution < -0.4 is 5.32 Å². The Morgan fingerprint density at radius 2 is 1.65 bits per heavy atom. The van der Waals surface area contributed by atoms with Crippen LogP contribution >= 0.6 is 0 Å². The van der Waals surface area contributed by atoms with Crippen LogP contribution in [0, 0.1) is 0 Å². The average Bonchev–Trinajstić information content (AvgIpc) is 3.06. The molecule has 0 bridgehead atoms. The highest BCUT2D eigenvalue weighted by molar-refractivity contribution is 6.37. The number of nitrogens with one attached hydrogen (secondary N) is 1. The molecule has 0 aromatic rings. The standard InChI is InChI=1S/C19H31N3O12/c1-33-19-10(13(28)12(27)8(6-24)34-19)20-9(25)3-2-4-21-16-15(30)14(29)11(26)7(5-23)22(16)18(32)17(21)31/h7-8,10-16,19,23-24,26-30H,2-6H2,1H3,(H,20,25)/t7-,8-,10+,11-,12-,13-,14+,15+,16+,19+/m1/s1. The van der Waals surface area contributed by atoms with Crippen LogP contribution in [0.25, 0.3) is 0 Å². The van der Waals surface area contributed by atoms with Crippen LogP contribution in [0.3, 0.4) is 0 Å². The first-order valence-electron chi connectivity index (χ1n) is 10.8. The second-order valence-corrected chi connectivity index (χ2v) is 8.49. The Balaban J connectivity index is 1.61. The Labute approximate surface area is 194 Å². The Hall–Kier alpha value is -1.95. The van der Waals surface area contributed by atoms with Gasteiger partial charge in [-0.2, -0.15) is 0 Å². The molecule has 0 unspecified atom stereocenters. The number of piperidine rings is 1. The van der Waals surface area contributed by atoms with Crippen molar-refractivity contribution >= 4 is 17.7 Å². The van der Waals surface area contributed by atoms with Crippen LogP contribution in [-0.2, 0) is 23.9 Å². The van der Waals surface area contributed by atoms with E-state index in [2.05, 4.69) is 5.32 Å². The van der Waals surface area contributed by atoms with Gasteiger partial charge in [0.1, 0.15) is 48.8 Å². The van der Waals surface area contributed by atoms with Gasteiger partial charge in [0.15, 0.2) is 6.29 Å². The molecule has 3 amide bonds. The summed E-state index contributed by atoms with van der Waals surface area (Å²) in [5.74, 6) is -2.68.